The molecule has 15 rings (SSSR count). The van der Waals surface area contributed by atoms with Crippen LogP contribution < -0.4 is 0 Å². The number of hydrogen-bond donors (Lipinski definition) is 0. The molecule has 2 aliphatic carbocycles. The molecule has 0 aliphatic heterocycles. The summed E-state index contributed by atoms with van der Waals surface area (Å²) in [5.74, 6) is 0. The highest BCUT2D eigenvalue weighted by molar-refractivity contribution is 6.19. The van der Waals surface area contributed by atoms with Gasteiger partial charge in [-0.1, -0.05) is 176 Å². The van der Waals surface area contributed by atoms with Crippen molar-refractivity contribution in [2.24, 2.45) is 0 Å². The van der Waals surface area contributed by atoms with E-state index in [4.69, 9.17) is 9.97 Å². The number of benzene rings is 9. The molecule has 0 spiro atoms. The molecule has 0 N–H and O–H groups in total. The maximum atomic E-state index is 5.06. The molecule has 0 bridgehead atoms. The number of nitrogens with zero attached hydrogens (tertiary/aromatic N) is 4. The highest BCUT2D eigenvalue weighted by Crippen LogP contribution is 2.55. The van der Waals surface area contributed by atoms with Crippen LogP contribution in [0.5, 0.6) is 0 Å². The molecular weight excluding hydrogens is 873 g/mol. The number of pyridine rings is 2. The minimum atomic E-state index is 0.928. The fourth-order valence-electron chi connectivity index (χ4n) is 11.9. The Balaban J connectivity index is 0.909. The normalized spacial score (nSPS) is 11.9. The fraction of sp³-hybridized carbons (Fsp3) is 0. The van der Waals surface area contributed by atoms with E-state index in [9.17, 15) is 0 Å². The van der Waals surface area contributed by atoms with E-state index in [-0.39, 0.29) is 0 Å². The van der Waals surface area contributed by atoms with Crippen LogP contribution in [-0.4, -0.2) is 19.1 Å². The third-order valence-corrected chi connectivity index (χ3v) is 15.0. The third kappa shape index (κ3) is 5.99. The average molecular weight is 915 g/mol. The molecule has 0 atom stereocenters. The van der Waals surface area contributed by atoms with Crippen LogP contribution in [0.2, 0.25) is 0 Å². The monoisotopic (exact) mass is 914 g/mol. The second-order valence-corrected chi connectivity index (χ2v) is 18.8. The van der Waals surface area contributed by atoms with Crippen molar-refractivity contribution in [1.82, 2.24) is 19.1 Å². The Hall–Kier alpha value is -9.64. The summed E-state index contributed by atoms with van der Waals surface area (Å²) in [7, 11) is 0. The highest BCUT2D eigenvalue weighted by atomic mass is 15.0. The van der Waals surface area contributed by atoms with Crippen LogP contribution in [0.15, 0.2) is 255 Å². The average Bonchev–Trinajstić information content (AvgIpc) is 3.92. The van der Waals surface area contributed by atoms with E-state index in [0.29, 0.717) is 0 Å². The van der Waals surface area contributed by atoms with Crippen LogP contribution in [-0.2, 0) is 0 Å². The standard InChI is InChI=1S/C68H42N4/c1-2-17-43(18-3-1)45-19-14-20-48(41-45)72-62-32-16-28-55-53-38-35-46(42-58(53)52-24-7-9-26-57(52)66(64(55)62)68(72)60-30-11-13-40-70-60)44-33-36-47(37-34-44)71-61-31-15-27-54-50-22-5-4-21-49(50)51-23-6-8-25-56(51)65(63(54)61)67(71)59-29-10-12-39-69-59/h1-42H. The van der Waals surface area contributed by atoms with Crippen LogP contribution in [0, 0.1) is 0 Å². The first-order chi connectivity index (χ1) is 35.8. The maximum absolute atomic E-state index is 5.06. The molecule has 2 aliphatic rings. The van der Waals surface area contributed by atoms with Gasteiger partial charge in [-0.3, -0.25) is 9.97 Å². The van der Waals surface area contributed by atoms with Crippen molar-refractivity contribution in [2.75, 3.05) is 0 Å². The summed E-state index contributed by atoms with van der Waals surface area (Å²) in [6, 6.07) is 88.4. The van der Waals surface area contributed by atoms with Crippen molar-refractivity contribution in [3.05, 3.63) is 255 Å². The molecule has 0 radical (unpaired) electrons. The number of fused-ring (bicyclic) bond motifs is 10. The Morgan fingerprint density at radius 1 is 0.250 bits per heavy atom. The largest absolute Gasteiger partial charge is 0.307 e. The van der Waals surface area contributed by atoms with Crippen molar-refractivity contribution < 1.29 is 0 Å². The van der Waals surface area contributed by atoms with Gasteiger partial charge >= 0.3 is 0 Å². The Morgan fingerprint density at radius 3 is 1.25 bits per heavy atom. The van der Waals surface area contributed by atoms with E-state index in [1.54, 1.807) is 0 Å². The second-order valence-electron chi connectivity index (χ2n) is 18.8. The minimum absolute atomic E-state index is 0.928. The predicted molar refractivity (Wildman–Crippen MR) is 297 cm³/mol. The van der Waals surface area contributed by atoms with E-state index in [0.717, 1.165) is 56.3 Å². The molecule has 13 aromatic rings. The minimum Gasteiger partial charge on any atom is -0.307 e. The number of aromatic nitrogens is 4. The SMILES string of the molecule is c1ccc(-c2cccc(-n3c(-c4ccccn4)c4c5c(cccc53)-c3ccc(-c5ccc(-n6c(-c7ccccn7)c7c8c(cccc86)-c6ccccc6-c6ccccc6-7)cc5)cc3-c3ccccc3-4)c2)cc1. The summed E-state index contributed by atoms with van der Waals surface area (Å²) in [6.45, 7) is 0. The molecule has 0 unspecified atom stereocenters. The van der Waals surface area contributed by atoms with Crippen LogP contribution in [0.25, 0.3) is 145 Å². The van der Waals surface area contributed by atoms with Gasteiger partial charge in [-0.2, -0.15) is 0 Å². The number of rotatable bonds is 6. The molecule has 4 heteroatoms. The lowest BCUT2D eigenvalue weighted by molar-refractivity contribution is 1.12. The fourth-order valence-corrected chi connectivity index (χ4v) is 11.9. The van der Waals surface area contributed by atoms with Gasteiger partial charge in [0.2, 0.25) is 0 Å². The van der Waals surface area contributed by atoms with E-state index >= 15 is 0 Å². The van der Waals surface area contributed by atoms with Gasteiger partial charge in [0.05, 0.1) is 33.8 Å². The van der Waals surface area contributed by atoms with Crippen molar-refractivity contribution in [1.29, 1.82) is 0 Å². The molecule has 0 saturated carbocycles. The van der Waals surface area contributed by atoms with Crippen LogP contribution >= 0.6 is 0 Å². The lowest BCUT2D eigenvalue weighted by atomic mass is 9.90. The Kier molecular flexibility index (Phi) is 8.92. The van der Waals surface area contributed by atoms with Gasteiger partial charge in [0, 0.05) is 45.7 Å². The van der Waals surface area contributed by atoms with Gasteiger partial charge in [-0.25, -0.2) is 0 Å². The van der Waals surface area contributed by atoms with Gasteiger partial charge in [-0.15, -0.1) is 0 Å². The van der Waals surface area contributed by atoms with Gasteiger partial charge < -0.3 is 9.13 Å². The molecule has 4 heterocycles. The smallest absolute Gasteiger partial charge is 0.0876 e. The molecular formula is C68H42N4. The molecule has 72 heavy (non-hydrogen) atoms. The van der Waals surface area contributed by atoms with Crippen molar-refractivity contribution in [3.8, 4) is 123 Å². The van der Waals surface area contributed by atoms with Gasteiger partial charge in [-0.05, 0) is 145 Å². The summed E-state index contributed by atoms with van der Waals surface area (Å²) in [4.78, 5) is 10.1. The van der Waals surface area contributed by atoms with Gasteiger partial charge in [0.1, 0.15) is 0 Å². The zero-order chi connectivity index (χ0) is 47.3. The van der Waals surface area contributed by atoms with E-state index < -0.39 is 0 Å². The predicted octanol–water partition coefficient (Wildman–Crippen LogP) is 17.7. The second kappa shape index (κ2) is 16.0. The zero-order valence-electron chi connectivity index (χ0n) is 39.0. The highest BCUT2D eigenvalue weighted by Gasteiger charge is 2.32. The molecule has 4 aromatic heterocycles. The topological polar surface area (TPSA) is 35.6 Å². The quantitative estimate of drug-likeness (QED) is 0.167. The first-order valence-corrected chi connectivity index (χ1v) is 24.6. The maximum Gasteiger partial charge on any atom is 0.0876 e. The zero-order valence-corrected chi connectivity index (χ0v) is 39.0. The van der Waals surface area contributed by atoms with Crippen molar-refractivity contribution in [3.63, 3.8) is 0 Å². The van der Waals surface area contributed by atoms with Crippen LogP contribution in [0.4, 0.5) is 0 Å². The Bertz CT molecular complexity index is 4300. The first kappa shape index (κ1) is 40.3. The lowest BCUT2D eigenvalue weighted by Gasteiger charge is -2.17. The van der Waals surface area contributed by atoms with Gasteiger partial charge in [0.15, 0.2) is 0 Å². The third-order valence-electron chi connectivity index (χ3n) is 15.0. The molecule has 0 saturated heterocycles. The summed E-state index contributed by atoms with van der Waals surface area (Å²) in [5, 5.41) is 2.46. The number of hydrogen-bond acceptors (Lipinski definition) is 2. The summed E-state index contributed by atoms with van der Waals surface area (Å²) in [5.41, 5.74) is 27.7. The summed E-state index contributed by atoms with van der Waals surface area (Å²) in [6.07, 6.45) is 3.81. The first-order valence-electron chi connectivity index (χ1n) is 24.6. The summed E-state index contributed by atoms with van der Waals surface area (Å²) < 4.78 is 4.86. The molecule has 4 nitrogen and oxygen atoms in total. The molecule has 0 amide bonds. The van der Waals surface area contributed by atoms with E-state index in [2.05, 4.69) is 240 Å². The van der Waals surface area contributed by atoms with Crippen LogP contribution in [0.1, 0.15) is 0 Å². The Labute approximate surface area is 417 Å². The Morgan fingerprint density at radius 2 is 0.667 bits per heavy atom. The lowest BCUT2D eigenvalue weighted by Crippen LogP contribution is -2.00. The van der Waals surface area contributed by atoms with Crippen molar-refractivity contribution in [2.45, 2.75) is 0 Å². The molecule has 9 aromatic carbocycles. The summed E-state index contributed by atoms with van der Waals surface area (Å²) >= 11 is 0. The molecule has 0 fully saturated rings. The molecule has 334 valence electrons. The van der Waals surface area contributed by atoms with Crippen molar-refractivity contribution >= 4 is 21.8 Å². The van der Waals surface area contributed by atoms with E-state index in [1.165, 1.54) is 88.7 Å². The van der Waals surface area contributed by atoms with Gasteiger partial charge in [0.25, 0.3) is 0 Å². The van der Waals surface area contributed by atoms with E-state index in [1.807, 2.05) is 24.5 Å². The van der Waals surface area contributed by atoms with Crippen LogP contribution in [0.3, 0.4) is 0 Å².